The molecule has 3 heterocycles. The van der Waals surface area contributed by atoms with E-state index in [0.29, 0.717) is 19.0 Å². The molecule has 0 aliphatic carbocycles. The van der Waals surface area contributed by atoms with Gasteiger partial charge in [-0.1, -0.05) is 36.4 Å². The van der Waals surface area contributed by atoms with Gasteiger partial charge in [0.25, 0.3) is 0 Å². The number of nitrogens with zero attached hydrogens (tertiary/aromatic N) is 5. The quantitative estimate of drug-likeness (QED) is 0.649. The largest absolute Gasteiger partial charge is 0.332 e. The van der Waals surface area contributed by atoms with Gasteiger partial charge in [0.05, 0.1) is 6.54 Å². The van der Waals surface area contributed by atoms with Crippen molar-refractivity contribution < 1.29 is 4.79 Å². The smallest absolute Gasteiger partial charge is 0.237 e. The monoisotopic (exact) mass is 405 g/mol. The fourth-order valence-corrected chi connectivity index (χ4v) is 4.23. The number of carbonyl (C=O) groups is 1. The Bertz CT molecular complexity index is 984. The molecule has 0 unspecified atom stereocenters. The number of aromatic nitrogens is 3. The first-order chi connectivity index (χ1) is 14.4. The molecule has 0 saturated carbocycles. The van der Waals surface area contributed by atoms with E-state index in [0.717, 1.165) is 43.0 Å². The number of rotatable bonds is 5. The summed E-state index contributed by atoms with van der Waals surface area (Å²) in [6.45, 7) is 9.25. The molecule has 158 valence electrons. The minimum Gasteiger partial charge on any atom is -0.332 e. The van der Waals surface area contributed by atoms with Crippen molar-refractivity contribution >= 4 is 11.6 Å². The van der Waals surface area contributed by atoms with Crippen LogP contribution in [0.15, 0.2) is 54.7 Å². The van der Waals surface area contributed by atoms with Crippen LogP contribution in [0.4, 0.5) is 0 Å². The minimum absolute atomic E-state index is 0.192. The summed E-state index contributed by atoms with van der Waals surface area (Å²) in [5.41, 5.74) is 1.84. The molecule has 1 saturated heterocycles. The Balaban J connectivity index is 1.38. The summed E-state index contributed by atoms with van der Waals surface area (Å²) in [7, 11) is 0. The predicted molar refractivity (Wildman–Crippen MR) is 118 cm³/mol. The zero-order valence-corrected chi connectivity index (χ0v) is 18.2. The highest BCUT2D eigenvalue weighted by Crippen LogP contribution is 2.27. The van der Waals surface area contributed by atoms with Crippen molar-refractivity contribution in [2.24, 2.45) is 0 Å². The van der Waals surface area contributed by atoms with Gasteiger partial charge in [0.15, 0.2) is 5.65 Å². The van der Waals surface area contributed by atoms with E-state index < -0.39 is 0 Å². The van der Waals surface area contributed by atoms with Crippen LogP contribution in [0.2, 0.25) is 0 Å². The molecular formula is C24H31N5O. The van der Waals surface area contributed by atoms with Crippen molar-refractivity contribution in [2.45, 2.75) is 51.6 Å². The normalized spacial score (nSPS) is 16.1. The molecule has 1 fully saturated rings. The number of hydrogen-bond donors (Lipinski definition) is 0. The summed E-state index contributed by atoms with van der Waals surface area (Å²) in [4.78, 5) is 17.5. The van der Waals surface area contributed by atoms with Crippen molar-refractivity contribution in [3.8, 4) is 0 Å². The lowest BCUT2D eigenvalue weighted by molar-refractivity contribution is -0.138. The van der Waals surface area contributed by atoms with Gasteiger partial charge in [-0.15, -0.1) is 10.2 Å². The van der Waals surface area contributed by atoms with Crippen LogP contribution in [0, 0.1) is 0 Å². The summed E-state index contributed by atoms with van der Waals surface area (Å²) in [6.07, 6.45) is 4.03. The third-order valence-corrected chi connectivity index (χ3v) is 5.95. The number of fused-ring (bicyclic) bond motifs is 1. The molecule has 1 aliphatic rings. The fourth-order valence-electron chi connectivity index (χ4n) is 4.23. The summed E-state index contributed by atoms with van der Waals surface area (Å²) in [6, 6.07) is 16.2. The lowest BCUT2D eigenvalue weighted by Gasteiger charge is -2.38. The standard InChI is InChI=1S/C24H31N5O/c1-24(2,3)29(17-19-9-5-4-6-10-19)22(30)18-27-15-12-20(13-16-27)23-26-25-21-11-7-8-14-28(21)23/h4-11,14,20H,12-13,15-18H2,1-3H3. The van der Waals surface area contributed by atoms with E-state index in [-0.39, 0.29) is 11.4 Å². The minimum atomic E-state index is -0.217. The maximum Gasteiger partial charge on any atom is 0.237 e. The van der Waals surface area contributed by atoms with E-state index in [4.69, 9.17) is 0 Å². The Morgan fingerprint density at radius 1 is 1.03 bits per heavy atom. The molecule has 30 heavy (non-hydrogen) atoms. The number of carbonyl (C=O) groups excluding carboxylic acids is 1. The highest BCUT2D eigenvalue weighted by atomic mass is 16.2. The summed E-state index contributed by atoms with van der Waals surface area (Å²) in [5, 5.41) is 8.72. The van der Waals surface area contributed by atoms with Crippen LogP contribution in [0.5, 0.6) is 0 Å². The maximum absolute atomic E-state index is 13.2. The van der Waals surface area contributed by atoms with Gasteiger partial charge >= 0.3 is 0 Å². The Hall–Kier alpha value is -2.73. The fraction of sp³-hybridized carbons (Fsp3) is 0.458. The second kappa shape index (κ2) is 8.56. The highest BCUT2D eigenvalue weighted by molar-refractivity contribution is 5.79. The number of piperidine rings is 1. The van der Waals surface area contributed by atoms with Crippen LogP contribution in [0.1, 0.15) is 50.9 Å². The predicted octanol–water partition coefficient (Wildman–Crippen LogP) is 3.74. The molecule has 0 spiro atoms. The van der Waals surface area contributed by atoms with Gasteiger partial charge in [-0.3, -0.25) is 14.1 Å². The first kappa shape index (κ1) is 20.5. The van der Waals surface area contributed by atoms with Gasteiger partial charge in [0.2, 0.25) is 5.91 Å². The van der Waals surface area contributed by atoms with E-state index in [1.54, 1.807) is 0 Å². The molecule has 1 aromatic carbocycles. The average Bonchev–Trinajstić information content (AvgIpc) is 3.17. The maximum atomic E-state index is 13.2. The summed E-state index contributed by atoms with van der Waals surface area (Å²) >= 11 is 0. The Morgan fingerprint density at radius 2 is 1.73 bits per heavy atom. The highest BCUT2D eigenvalue weighted by Gasteiger charge is 2.30. The van der Waals surface area contributed by atoms with Crippen molar-refractivity contribution in [1.82, 2.24) is 24.4 Å². The molecule has 1 amide bonds. The number of amides is 1. The molecule has 6 heteroatoms. The third-order valence-electron chi connectivity index (χ3n) is 5.95. The van der Waals surface area contributed by atoms with Crippen LogP contribution in [-0.4, -0.2) is 55.5 Å². The molecule has 6 nitrogen and oxygen atoms in total. The molecule has 0 radical (unpaired) electrons. The van der Waals surface area contributed by atoms with E-state index in [2.05, 4.69) is 52.4 Å². The number of likely N-dealkylation sites (tertiary alicyclic amines) is 1. The lowest BCUT2D eigenvalue weighted by atomic mass is 9.96. The van der Waals surface area contributed by atoms with Gasteiger partial charge in [-0.2, -0.15) is 0 Å². The second-order valence-electron chi connectivity index (χ2n) is 9.17. The van der Waals surface area contributed by atoms with Crippen molar-refractivity contribution in [3.05, 3.63) is 66.1 Å². The van der Waals surface area contributed by atoms with E-state index >= 15 is 0 Å². The Kier molecular flexibility index (Phi) is 5.86. The van der Waals surface area contributed by atoms with Crippen LogP contribution in [0.25, 0.3) is 5.65 Å². The van der Waals surface area contributed by atoms with Gasteiger partial charge in [-0.05, 0) is 64.4 Å². The zero-order valence-electron chi connectivity index (χ0n) is 18.2. The number of benzene rings is 1. The summed E-state index contributed by atoms with van der Waals surface area (Å²) < 4.78 is 2.09. The molecule has 1 aliphatic heterocycles. The van der Waals surface area contributed by atoms with Crippen molar-refractivity contribution in [3.63, 3.8) is 0 Å². The van der Waals surface area contributed by atoms with Crippen molar-refractivity contribution in [2.75, 3.05) is 19.6 Å². The first-order valence-electron chi connectivity index (χ1n) is 10.8. The first-order valence-corrected chi connectivity index (χ1v) is 10.8. The van der Waals surface area contributed by atoms with E-state index in [1.807, 2.05) is 47.5 Å². The van der Waals surface area contributed by atoms with Crippen molar-refractivity contribution in [1.29, 1.82) is 0 Å². The number of pyridine rings is 1. The topological polar surface area (TPSA) is 53.7 Å². The average molecular weight is 406 g/mol. The summed E-state index contributed by atoms with van der Waals surface area (Å²) in [5.74, 6) is 1.62. The number of hydrogen-bond acceptors (Lipinski definition) is 4. The van der Waals surface area contributed by atoms with Gasteiger partial charge < -0.3 is 4.90 Å². The molecule has 0 atom stereocenters. The van der Waals surface area contributed by atoms with E-state index in [9.17, 15) is 4.79 Å². The van der Waals surface area contributed by atoms with E-state index in [1.165, 1.54) is 0 Å². The third kappa shape index (κ3) is 4.54. The molecule has 0 N–H and O–H groups in total. The van der Waals surface area contributed by atoms with Crippen LogP contribution >= 0.6 is 0 Å². The van der Waals surface area contributed by atoms with Crippen LogP contribution in [-0.2, 0) is 11.3 Å². The Labute approximate surface area is 178 Å². The molecular weight excluding hydrogens is 374 g/mol. The van der Waals surface area contributed by atoms with Gasteiger partial charge in [-0.25, -0.2) is 0 Å². The van der Waals surface area contributed by atoms with Crippen LogP contribution < -0.4 is 0 Å². The van der Waals surface area contributed by atoms with Crippen LogP contribution in [0.3, 0.4) is 0 Å². The SMILES string of the molecule is CC(C)(C)N(Cc1ccccc1)C(=O)CN1CCC(c2nnc3ccccn23)CC1. The lowest BCUT2D eigenvalue weighted by Crippen LogP contribution is -2.50. The van der Waals surface area contributed by atoms with Gasteiger partial charge in [0, 0.05) is 24.2 Å². The molecule has 2 aromatic heterocycles. The molecule has 3 aromatic rings. The van der Waals surface area contributed by atoms with Gasteiger partial charge in [0.1, 0.15) is 5.82 Å². The zero-order chi connectivity index (χ0) is 21.1. The second-order valence-corrected chi connectivity index (χ2v) is 9.17. The molecule has 4 rings (SSSR count). The molecule has 0 bridgehead atoms. The Morgan fingerprint density at radius 3 is 2.43 bits per heavy atom.